The Morgan fingerprint density at radius 2 is 1.55 bits per heavy atom. The molecule has 3 aromatic rings. The molecule has 0 aliphatic heterocycles. The fourth-order valence-corrected chi connectivity index (χ4v) is 3.32. The van der Waals surface area contributed by atoms with Crippen LogP contribution in [0.25, 0.3) is 0 Å². The second-order valence-corrected chi connectivity index (χ2v) is 7.35. The number of carbonyl (C=O) groups is 1. The molecule has 0 aromatic heterocycles. The molecule has 3 aromatic carbocycles. The van der Waals surface area contributed by atoms with Crippen LogP contribution in [-0.4, -0.2) is 19.1 Å². The van der Waals surface area contributed by atoms with E-state index in [0.717, 1.165) is 11.3 Å². The van der Waals surface area contributed by atoms with Gasteiger partial charge < -0.3 is 15.4 Å². The smallest absolute Gasteiger partial charge is 0.278 e. The van der Waals surface area contributed by atoms with Crippen molar-refractivity contribution in [1.82, 2.24) is 5.32 Å². The van der Waals surface area contributed by atoms with E-state index in [1.165, 1.54) is 16.7 Å². The van der Waals surface area contributed by atoms with Gasteiger partial charge in [-0.2, -0.15) is 0 Å². The van der Waals surface area contributed by atoms with E-state index in [-0.39, 0.29) is 18.0 Å². The number of nitrogens with two attached hydrogens (primary N) is 1. The molecular weight excluding hydrogens is 360 g/mol. The third kappa shape index (κ3) is 5.69. The van der Waals surface area contributed by atoms with Crippen molar-refractivity contribution in [2.45, 2.75) is 32.5 Å². The van der Waals surface area contributed by atoms with Crippen LogP contribution in [0.3, 0.4) is 0 Å². The van der Waals surface area contributed by atoms with Gasteiger partial charge in [0.2, 0.25) is 0 Å². The number of hydrogen-bond donors (Lipinski definition) is 2. The molecule has 1 amide bonds. The highest BCUT2D eigenvalue weighted by molar-refractivity contribution is 5.79. The number of amides is 1. The van der Waals surface area contributed by atoms with Crippen LogP contribution in [-0.2, 0) is 11.3 Å². The minimum Gasteiger partial charge on any atom is -0.497 e. The van der Waals surface area contributed by atoms with Gasteiger partial charge in [0.25, 0.3) is 5.91 Å². The third-order valence-corrected chi connectivity index (χ3v) is 5.12. The molecule has 0 bridgehead atoms. The van der Waals surface area contributed by atoms with Crippen LogP contribution in [0, 0.1) is 6.92 Å². The molecule has 0 heterocycles. The summed E-state index contributed by atoms with van der Waals surface area (Å²) in [5.74, 6) is 0.833. The predicted octanol–water partition coefficient (Wildman–Crippen LogP) is 3.36. The minimum absolute atomic E-state index is 0.0221. The van der Waals surface area contributed by atoms with Crippen LogP contribution in [0.4, 0.5) is 0 Å². The van der Waals surface area contributed by atoms with E-state index in [9.17, 15) is 4.79 Å². The number of carbonyl (C=O) groups excluding carboxylic acids is 1. The van der Waals surface area contributed by atoms with Crippen LogP contribution in [0.2, 0.25) is 0 Å². The van der Waals surface area contributed by atoms with Crippen molar-refractivity contribution in [2.24, 2.45) is 0 Å². The largest absolute Gasteiger partial charge is 0.497 e. The molecule has 0 unspecified atom stereocenters. The van der Waals surface area contributed by atoms with Gasteiger partial charge >= 0.3 is 0 Å². The molecule has 0 saturated carbocycles. The summed E-state index contributed by atoms with van der Waals surface area (Å²) in [6.45, 7) is 4.54. The number of quaternary nitrogens is 1. The Kier molecular flexibility index (Phi) is 7.04. The zero-order chi connectivity index (χ0) is 20.6. The lowest BCUT2D eigenvalue weighted by atomic mass is 9.97. The zero-order valence-electron chi connectivity index (χ0n) is 17.3. The average Bonchev–Trinajstić information content (AvgIpc) is 2.77. The van der Waals surface area contributed by atoms with Gasteiger partial charge in [-0.15, -0.1) is 0 Å². The molecule has 0 spiro atoms. The van der Waals surface area contributed by atoms with Gasteiger partial charge in [0.1, 0.15) is 11.8 Å². The molecule has 0 saturated heterocycles. The summed E-state index contributed by atoms with van der Waals surface area (Å²) in [4.78, 5) is 12.7. The standard InChI is InChI=1S/C25H28N2O2/c1-18-9-13-22(14-10-18)24(21-7-5-4-6-8-21)27-19(2)25(28)26-17-20-11-15-23(29-3)16-12-20/h4-16,19,24,27H,17H2,1-3H3,(H,26,28)/p+1/t19-,24+/m1/s1. The van der Waals surface area contributed by atoms with Crippen LogP contribution in [0.5, 0.6) is 5.75 Å². The van der Waals surface area contributed by atoms with Crippen molar-refractivity contribution in [1.29, 1.82) is 0 Å². The van der Waals surface area contributed by atoms with Crippen molar-refractivity contribution < 1.29 is 14.8 Å². The van der Waals surface area contributed by atoms with Crippen molar-refractivity contribution in [3.8, 4) is 5.75 Å². The molecule has 3 rings (SSSR count). The second kappa shape index (κ2) is 9.89. The van der Waals surface area contributed by atoms with Gasteiger partial charge in [0.05, 0.1) is 7.11 Å². The van der Waals surface area contributed by atoms with Crippen molar-refractivity contribution in [3.63, 3.8) is 0 Å². The number of rotatable bonds is 8. The maximum atomic E-state index is 12.7. The van der Waals surface area contributed by atoms with E-state index in [4.69, 9.17) is 4.74 Å². The summed E-state index contributed by atoms with van der Waals surface area (Å²) in [7, 11) is 1.64. The molecule has 29 heavy (non-hydrogen) atoms. The first-order valence-electron chi connectivity index (χ1n) is 9.94. The maximum Gasteiger partial charge on any atom is 0.278 e. The van der Waals surface area contributed by atoms with E-state index >= 15 is 0 Å². The Balaban J connectivity index is 1.67. The summed E-state index contributed by atoms with van der Waals surface area (Å²) in [6.07, 6.45) is 0. The maximum absolute atomic E-state index is 12.7. The summed E-state index contributed by atoms with van der Waals surface area (Å²) in [6, 6.07) is 26.4. The Labute approximate surface area is 172 Å². The highest BCUT2D eigenvalue weighted by Crippen LogP contribution is 2.19. The lowest BCUT2D eigenvalue weighted by Gasteiger charge is -2.21. The summed E-state index contributed by atoms with van der Waals surface area (Å²) in [5, 5.41) is 5.17. The van der Waals surface area contributed by atoms with Gasteiger partial charge in [-0.25, -0.2) is 0 Å². The number of benzene rings is 3. The van der Waals surface area contributed by atoms with E-state index in [0.29, 0.717) is 6.54 Å². The lowest BCUT2D eigenvalue weighted by molar-refractivity contribution is -0.704. The molecular formula is C25H29N2O2+. The average molecular weight is 390 g/mol. The molecule has 0 aliphatic rings. The molecule has 3 N–H and O–H groups in total. The molecule has 0 fully saturated rings. The quantitative estimate of drug-likeness (QED) is 0.621. The van der Waals surface area contributed by atoms with E-state index in [2.05, 4.69) is 54.0 Å². The fourth-order valence-electron chi connectivity index (χ4n) is 3.32. The molecule has 2 atom stereocenters. The van der Waals surface area contributed by atoms with Crippen LogP contribution >= 0.6 is 0 Å². The normalized spacial score (nSPS) is 12.8. The minimum atomic E-state index is -0.222. The summed E-state index contributed by atoms with van der Waals surface area (Å²) < 4.78 is 5.18. The van der Waals surface area contributed by atoms with Gasteiger partial charge in [-0.3, -0.25) is 4.79 Å². The number of methoxy groups -OCH3 is 1. The predicted molar refractivity (Wildman–Crippen MR) is 116 cm³/mol. The van der Waals surface area contributed by atoms with E-state index in [1.807, 2.05) is 49.4 Å². The second-order valence-electron chi connectivity index (χ2n) is 7.35. The number of aryl methyl sites for hydroxylation is 1. The number of hydrogen-bond acceptors (Lipinski definition) is 2. The van der Waals surface area contributed by atoms with Crippen LogP contribution in [0.15, 0.2) is 78.9 Å². The van der Waals surface area contributed by atoms with Crippen molar-refractivity contribution >= 4 is 5.91 Å². The Hall–Kier alpha value is -3.11. The molecule has 150 valence electrons. The molecule has 0 radical (unpaired) electrons. The highest BCUT2D eigenvalue weighted by Gasteiger charge is 2.24. The zero-order valence-corrected chi connectivity index (χ0v) is 17.3. The van der Waals surface area contributed by atoms with Gasteiger partial charge in [-0.1, -0.05) is 72.3 Å². The molecule has 0 aliphatic carbocycles. The Bertz CT molecular complexity index is 906. The monoisotopic (exact) mass is 389 g/mol. The number of nitrogens with one attached hydrogen (secondary N) is 1. The van der Waals surface area contributed by atoms with Gasteiger partial charge in [0, 0.05) is 17.7 Å². The lowest BCUT2D eigenvalue weighted by Crippen LogP contribution is -2.92. The first-order valence-corrected chi connectivity index (χ1v) is 9.94. The topological polar surface area (TPSA) is 54.9 Å². The number of ether oxygens (including phenoxy) is 1. The van der Waals surface area contributed by atoms with Crippen molar-refractivity contribution in [2.75, 3.05) is 7.11 Å². The molecule has 4 nitrogen and oxygen atoms in total. The highest BCUT2D eigenvalue weighted by atomic mass is 16.5. The van der Waals surface area contributed by atoms with Crippen LogP contribution < -0.4 is 15.4 Å². The first kappa shape index (κ1) is 20.6. The van der Waals surface area contributed by atoms with Crippen LogP contribution in [0.1, 0.15) is 35.2 Å². The summed E-state index contributed by atoms with van der Waals surface area (Å²) in [5.41, 5.74) is 4.65. The summed E-state index contributed by atoms with van der Waals surface area (Å²) >= 11 is 0. The van der Waals surface area contributed by atoms with E-state index in [1.54, 1.807) is 7.11 Å². The Morgan fingerprint density at radius 3 is 2.17 bits per heavy atom. The van der Waals surface area contributed by atoms with Crippen molar-refractivity contribution in [3.05, 3.63) is 101 Å². The van der Waals surface area contributed by atoms with Gasteiger partial charge in [0.15, 0.2) is 6.04 Å². The third-order valence-electron chi connectivity index (χ3n) is 5.12. The molecule has 4 heteroatoms. The first-order chi connectivity index (χ1) is 14.1. The van der Waals surface area contributed by atoms with E-state index < -0.39 is 0 Å². The van der Waals surface area contributed by atoms with Gasteiger partial charge in [-0.05, 0) is 31.5 Å². The fraction of sp³-hybridized carbons (Fsp3) is 0.240. The SMILES string of the molecule is COc1ccc(CNC(=O)[C@@H](C)[NH2+][C@@H](c2ccccc2)c2ccc(C)cc2)cc1. The Morgan fingerprint density at radius 1 is 0.931 bits per heavy atom.